The Hall–Kier alpha value is -4.34. The number of rotatable bonds is 2. The summed E-state index contributed by atoms with van der Waals surface area (Å²) in [6, 6.07) is 9.35. The number of benzene rings is 2. The molecule has 2 aromatic carbocycles. The molecule has 3 heterocycles. The van der Waals surface area contributed by atoms with E-state index >= 15 is 0 Å². The molecule has 4 bridgehead atoms. The standard InChI is InChI=1S/C26H23F2N7O/c1-15-30-14-35(34-15)22-9-5-17-13-23(22)36-11-3-2-10-29-25-20-8-7-19(24(20)32-26(31-17)33-25)18-6-4-16(27)12-21(18)28/h2-6,9,12-14,19H,7-8,10-11H2,1H3,(H2,29,31,32,33). The van der Waals surface area contributed by atoms with Gasteiger partial charge >= 0.3 is 0 Å². The van der Waals surface area contributed by atoms with Gasteiger partial charge in [0.2, 0.25) is 5.95 Å². The first-order valence-corrected chi connectivity index (χ1v) is 11.7. The van der Waals surface area contributed by atoms with Crippen molar-refractivity contribution >= 4 is 17.5 Å². The molecule has 1 atom stereocenters. The van der Waals surface area contributed by atoms with E-state index in [1.165, 1.54) is 12.1 Å². The Morgan fingerprint density at radius 2 is 2.00 bits per heavy atom. The molecular weight excluding hydrogens is 464 g/mol. The molecule has 0 spiro atoms. The van der Waals surface area contributed by atoms with Crippen molar-refractivity contribution in [2.45, 2.75) is 25.7 Å². The second-order valence-corrected chi connectivity index (χ2v) is 8.72. The summed E-state index contributed by atoms with van der Waals surface area (Å²) >= 11 is 0. The molecule has 1 aliphatic heterocycles. The third-order valence-corrected chi connectivity index (χ3v) is 6.35. The predicted octanol–water partition coefficient (Wildman–Crippen LogP) is 4.83. The van der Waals surface area contributed by atoms with E-state index in [0.717, 1.165) is 28.7 Å². The Bertz CT molecular complexity index is 1480. The first-order chi connectivity index (χ1) is 17.5. The number of hydrogen-bond acceptors (Lipinski definition) is 7. The van der Waals surface area contributed by atoms with Crippen molar-refractivity contribution in [3.05, 3.63) is 89.2 Å². The highest BCUT2D eigenvalue weighted by Crippen LogP contribution is 2.41. The fourth-order valence-electron chi connectivity index (χ4n) is 4.68. The smallest absolute Gasteiger partial charge is 0.229 e. The second kappa shape index (κ2) is 9.03. The lowest BCUT2D eigenvalue weighted by Crippen LogP contribution is -2.10. The highest BCUT2D eigenvalue weighted by Gasteiger charge is 2.31. The van der Waals surface area contributed by atoms with E-state index in [0.29, 0.717) is 54.9 Å². The van der Waals surface area contributed by atoms with Crippen LogP contribution in [0.1, 0.15) is 35.0 Å². The molecule has 0 saturated carbocycles. The lowest BCUT2D eigenvalue weighted by Gasteiger charge is -2.16. The van der Waals surface area contributed by atoms with Gasteiger partial charge in [-0.2, -0.15) is 10.1 Å². The van der Waals surface area contributed by atoms with Crippen molar-refractivity contribution in [2.75, 3.05) is 23.8 Å². The highest BCUT2D eigenvalue weighted by atomic mass is 19.1. The molecule has 0 fully saturated rings. The molecule has 1 unspecified atom stereocenters. The van der Waals surface area contributed by atoms with Crippen LogP contribution in [-0.2, 0) is 6.42 Å². The summed E-state index contributed by atoms with van der Waals surface area (Å²) in [4.78, 5) is 13.7. The van der Waals surface area contributed by atoms with Gasteiger partial charge < -0.3 is 15.4 Å². The number of nitrogens with zero attached hydrogens (tertiary/aromatic N) is 5. The monoisotopic (exact) mass is 487 g/mol. The molecule has 6 rings (SSSR count). The first-order valence-electron chi connectivity index (χ1n) is 11.7. The normalized spacial score (nSPS) is 16.6. The Balaban J connectivity index is 1.41. The average Bonchev–Trinajstić information content (AvgIpc) is 3.47. The number of ether oxygens (including phenoxy) is 1. The van der Waals surface area contributed by atoms with Gasteiger partial charge in [-0.25, -0.2) is 23.4 Å². The molecule has 2 N–H and O–H groups in total. The number of anilines is 3. The third-order valence-electron chi connectivity index (χ3n) is 6.35. The molecule has 2 aliphatic rings. The zero-order valence-electron chi connectivity index (χ0n) is 19.5. The third kappa shape index (κ3) is 4.15. The quantitative estimate of drug-likeness (QED) is 0.392. The van der Waals surface area contributed by atoms with Gasteiger partial charge in [-0.3, -0.25) is 0 Å². The minimum absolute atomic E-state index is 0.284. The Labute approximate surface area is 206 Å². The maximum Gasteiger partial charge on any atom is 0.229 e. The van der Waals surface area contributed by atoms with Crippen LogP contribution in [0.2, 0.25) is 0 Å². The van der Waals surface area contributed by atoms with E-state index in [2.05, 4.69) is 20.7 Å². The summed E-state index contributed by atoms with van der Waals surface area (Å²) < 4.78 is 35.9. The van der Waals surface area contributed by atoms with Gasteiger partial charge in [0.05, 0.1) is 5.69 Å². The van der Waals surface area contributed by atoms with Crippen LogP contribution in [0, 0.1) is 18.6 Å². The minimum atomic E-state index is -0.596. The van der Waals surface area contributed by atoms with Gasteiger partial charge in [-0.1, -0.05) is 12.1 Å². The number of aryl methyl sites for hydroxylation is 1. The van der Waals surface area contributed by atoms with Gasteiger partial charge in [0.1, 0.15) is 47.6 Å². The fourth-order valence-corrected chi connectivity index (χ4v) is 4.68. The fraction of sp³-hybridized carbons (Fsp3) is 0.231. The van der Waals surface area contributed by atoms with E-state index in [9.17, 15) is 8.78 Å². The zero-order chi connectivity index (χ0) is 24.6. The van der Waals surface area contributed by atoms with Gasteiger partial charge in [0.25, 0.3) is 0 Å². The molecule has 182 valence electrons. The summed E-state index contributed by atoms with van der Waals surface area (Å²) in [5.41, 5.74) is 3.61. The molecular formula is C26H23F2N7O. The van der Waals surface area contributed by atoms with E-state index in [4.69, 9.17) is 14.7 Å². The SMILES string of the molecule is Cc1ncn(-c2ccc3cc2OCC=CCNc2nc(nc4c2CCC4c2ccc(F)cc2F)N3)n1. The van der Waals surface area contributed by atoms with Gasteiger partial charge in [0.15, 0.2) is 0 Å². The molecule has 4 aromatic rings. The topological polar surface area (TPSA) is 89.8 Å². The summed E-state index contributed by atoms with van der Waals surface area (Å²) in [6.07, 6.45) is 6.91. The van der Waals surface area contributed by atoms with Crippen LogP contribution in [-0.4, -0.2) is 37.9 Å². The molecule has 1 aliphatic carbocycles. The summed E-state index contributed by atoms with van der Waals surface area (Å²) in [5.74, 6) is 0.914. The first kappa shape index (κ1) is 22.1. The largest absolute Gasteiger partial charge is 0.487 e. The molecule has 2 aromatic heterocycles. The Kier molecular flexibility index (Phi) is 5.55. The molecule has 10 heteroatoms. The van der Waals surface area contributed by atoms with Crippen LogP contribution >= 0.6 is 0 Å². The van der Waals surface area contributed by atoms with Gasteiger partial charge in [0, 0.05) is 35.8 Å². The summed E-state index contributed by atoms with van der Waals surface area (Å²) in [7, 11) is 0. The molecule has 0 radical (unpaired) electrons. The molecule has 0 saturated heterocycles. The predicted molar refractivity (Wildman–Crippen MR) is 131 cm³/mol. The minimum Gasteiger partial charge on any atom is -0.487 e. The Morgan fingerprint density at radius 1 is 1.08 bits per heavy atom. The summed E-state index contributed by atoms with van der Waals surface area (Å²) in [6.45, 7) is 2.74. The van der Waals surface area contributed by atoms with Crippen molar-refractivity contribution in [2.24, 2.45) is 0 Å². The van der Waals surface area contributed by atoms with E-state index < -0.39 is 11.6 Å². The van der Waals surface area contributed by atoms with Crippen LogP contribution in [0.3, 0.4) is 0 Å². The van der Waals surface area contributed by atoms with Crippen molar-refractivity contribution in [1.82, 2.24) is 24.7 Å². The number of hydrogen-bond donors (Lipinski definition) is 2. The van der Waals surface area contributed by atoms with Crippen LogP contribution in [0.15, 0.2) is 54.9 Å². The van der Waals surface area contributed by atoms with E-state index in [-0.39, 0.29) is 5.92 Å². The average molecular weight is 488 g/mol. The van der Waals surface area contributed by atoms with Gasteiger partial charge in [-0.15, -0.1) is 0 Å². The van der Waals surface area contributed by atoms with E-state index in [1.807, 2.05) is 37.3 Å². The number of fused-ring (bicyclic) bond motifs is 6. The number of aromatic nitrogens is 5. The van der Waals surface area contributed by atoms with Crippen molar-refractivity contribution in [3.63, 3.8) is 0 Å². The molecule has 36 heavy (non-hydrogen) atoms. The van der Waals surface area contributed by atoms with Crippen molar-refractivity contribution in [3.8, 4) is 11.4 Å². The van der Waals surface area contributed by atoms with Crippen LogP contribution < -0.4 is 15.4 Å². The number of halogens is 2. The molecule has 0 amide bonds. The second-order valence-electron chi connectivity index (χ2n) is 8.72. The van der Waals surface area contributed by atoms with Gasteiger partial charge in [-0.05, 0) is 49.6 Å². The summed E-state index contributed by atoms with van der Waals surface area (Å²) in [5, 5.41) is 11.0. The van der Waals surface area contributed by atoms with Crippen molar-refractivity contribution < 1.29 is 13.5 Å². The maximum absolute atomic E-state index is 14.7. The Morgan fingerprint density at radius 3 is 2.83 bits per heavy atom. The lowest BCUT2D eigenvalue weighted by molar-refractivity contribution is 0.360. The van der Waals surface area contributed by atoms with Crippen LogP contribution in [0.25, 0.3) is 5.69 Å². The van der Waals surface area contributed by atoms with E-state index in [1.54, 1.807) is 11.0 Å². The van der Waals surface area contributed by atoms with Crippen LogP contribution in [0.5, 0.6) is 5.75 Å². The molecule has 8 nitrogen and oxygen atoms in total. The zero-order valence-corrected chi connectivity index (χ0v) is 19.5. The highest BCUT2D eigenvalue weighted by molar-refractivity contribution is 5.64. The lowest BCUT2D eigenvalue weighted by atomic mass is 9.96. The van der Waals surface area contributed by atoms with Crippen LogP contribution in [0.4, 0.5) is 26.2 Å². The van der Waals surface area contributed by atoms with Crippen molar-refractivity contribution in [1.29, 1.82) is 0 Å². The maximum atomic E-state index is 14.7. The number of nitrogens with one attached hydrogen (secondary N) is 2.